The Morgan fingerprint density at radius 3 is 1.58 bits per heavy atom. The van der Waals surface area contributed by atoms with Crippen molar-refractivity contribution in [3.8, 4) is 0 Å². The first kappa shape index (κ1) is 62.6. The molecule has 0 aliphatic rings. The zero-order chi connectivity index (χ0) is 47.9. The molecule has 0 bridgehead atoms. The van der Waals surface area contributed by atoms with E-state index in [0.29, 0.717) is 90.6 Å². The van der Waals surface area contributed by atoms with E-state index in [9.17, 15) is 38.7 Å². The van der Waals surface area contributed by atoms with Crippen molar-refractivity contribution < 1.29 is 62.7 Å². The second-order valence-corrected chi connectivity index (χ2v) is 16.2. The molecule has 0 aliphatic heterocycles. The van der Waals surface area contributed by atoms with Gasteiger partial charge in [-0.1, -0.05) is 104 Å². The third kappa shape index (κ3) is 45.1. The Labute approximate surface area is 385 Å². The molecule has 0 aromatic carbocycles. The van der Waals surface area contributed by atoms with Crippen molar-refractivity contribution in [1.29, 1.82) is 0 Å². The number of Topliss-reactive ketones (excluding diaryl/α,β-unsaturated/α-hetero) is 2. The molecule has 0 aromatic heterocycles. The molecular weight excluding hydrogens is 827 g/mol. The number of ketones is 2. The predicted octanol–water partition coefficient (Wildman–Crippen LogP) is 7.51. The lowest BCUT2D eigenvalue weighted by Gasteiger charge is -2.14. The second kappa shape index (κ2) is 47.5. The maximum Gasteiger partial charge on any atom is 0.326 e. The van der Waals surface area contributed by atoms with Crippen molar-refractivity contribution in [2.75, 3.05) is 66.4 Å². The molecule has 16 heteroatoms. The highest BCUT2D eigenvalue weighted by Gasteiger charge is 2.21. The topological polar surface area (TPSA) is 233 Å². The normalized spacial score (nSPS) is 11.8. The number of ether oxygens (including phenoxy) is 4. The number of carbonyl (C=O) groups is 7. The minimum absolute atomic E-state index is 0.00342. The Hall–Kier alpha value is -3.47. The van der Waals surface area contributed by atoms with Crippen LogP contribution in [0.3, 0.4) is 0 Å². The van der Waals surface area contributed by atoms with Crippen LogP contribution in [0.25, 0.3) is 0 Å². The molecule has 0 aromatic rings. The van der Waals surface area contributed by atoms with E-state index in [1.54, 1.807) is 14.0 Å². The average Bonchev–Trinajstić information content (AvgIpc) is 3.27. The smallest absolute Gasteiger partial charge is 0.326 e. The highest BCUT2D eigenvalue weighted by Crippen LogP contribution is 2.16. The highest BCUT2D eigenvalue weighted by atomic mass is 16.5. The molecule has 0 unspecified atom stereocenters. The molecule has 16 nitrogen and oxygen atoms in total. The molecule has 374 valence electrons. The molecule has 0 spiro atoms. The first-order valence-corrected chi connectivity index (χ1v) is 24.4. The van der Waals surface area contributed by atoms with Gasteiger partial charge in [-0.05, 0) is 44.9 Å². The number of carbonyl (C=O) groups excluding carboxylic acids is 5. The number of carboxylic acid groups (broad SMARTS) is 2. The molecule has 0 fully saturated rings. The summed E-state index contributed by atoms with van der Waals surface area (Å²) < 4.78 is 20.7. The summed E-state index contributed by atoms with van der Waals surface area (Å²) in [6.07, 6.45) is 21.9. The quantitative estimate of drug-likeness (QED) is 0.0373. The van der Waals surface area contributed by atoms with Crippen LogP contribution >= 0.6 is 0 Å². The van der Waals surface area contributed by atoms with E-state index in [1.165, 1.54) is 44.9 Å². The van der Waals surface area contributed by atoms with Crippen LogP contribution in [0.5, 0.6) is 0 Å². The molecule has 0 radical (unpaired) electrons. The van der Waals surface area contributed by atoms with Crippen LogP contribution in [-0.2, 0) is 52.5 Å². The Morgan fingerprint density at radius 2 is 1.03 bits per heavy atom. The van der Waals surface area contributed by atoms with Crippen molar-refractivity contribution in [2.45, 2.75) is 194 Å². The molecule has 64 heavy (non-hydrogen) atoms. The van der Waals surface area contributed by atoms with Crippen molar-refractivity contribution in [3.63, 3.8) is 0 Å². The number of amides is 3. The summed E-state index contributed by atoms with van der Waals surface area (Å²) in [7, 11) is 1.59. The minimum atomic E-state index is -1.11. The van der Waals surface area contributed by atoms with Gasteiger partial charge in [0.25, 0.3) is 0 Å². The Bertz CT molecular complexity index is 1200. The summed E-state index contributed by atoms with van der Waals surface area (Å²) in [5.41, 5.74) is 0. The molecule has 0 saturated carbocycles. The van der Waals surface area contributed by atoms with Crippen molar-refractivity contribution in [1.82, 2.24) is 16.0 Å². The summed E-state index contributed by atoms with van der Waals surface area (Å²) in [5.74, 6) is -1.74. The van der Waals surface area contributed by atoms with Crippen molar-refractivity contribution >= 4 is 41.2 Å². The van der Waals surface area contributed by atoms with Crippen LogP contribution in [0.2, 0.25) is 0 Å². The van der Waals surface area contributed by atoms with Gasteiger partial charge >= 0.3 is 11.9 Å². The zero-order valence-electron chi connectivity index (χ0n) is 40.3. The maximum absolute atomic E-state index is 12.2. The Balaban J connectivity index is 0. The highest BCUT2D eigenvalue weighted by molar-refractivity contribution is 5.85. The Morgan fingerprint density at radius 1 is 0.484 bits per heavy atom. The molecule has 0 rings (SSSR count). The second-order valence-electron chi connectivity index (χ2n) is 16.2. The molecular formula is C48H89N3O13. The number of nitrogens with one attached hydrogen (secondary N) is 3. The summed E-state index contributed by atoms with van der Waals surface area (Å²) >= 11 is 0. The zero-order valence-corrected chi connectivity index (χ0v) is 40.3. The van der Waals surface area contributed by atoms with E-state index >= 15 is 0 Å². The number of methoxy groups -OCH3 is 1. The van der Waals surface area contributed by atoms with E-state index < -0.39 is 18.0 Å². The van der Waals surface area contributed by atoms with E-state index in [4.69, 9.17) is 24.1 Å². The van der Waals surface area contributed by atoms with E-state index in [2.05, 4.69) is 16.0 Å². The van der Waals surface area contributed by atoms with Crippen LogP contribution < -0.4 is 16.0 Å². The fourth-order valence-corrected chi connectivity index (χ4v) is 6.70. The van der Waals surface area contributed by atoms with Crippen LogP contribution in [0, 0.1) is 5.92 Å². The van der Waals surface area contributed by atoms with Gasteiger partial charge in [0, 0.05) is 71.2 Å². The number of carboxylic acids is 2. The molecule has 0 saturated heterocycles. The lowest BCUT2D eigenvalue weighted by atomic mass is 9.93. The fraction of sp³-hybridized carbons (Fsp3) is 0.854. The summed E-state index contributed by atoms with van der Waals surface area (Å²) in [5, 5.41) is 26.1. The van der Waals surface area contributed by atoms with Gasteiger partial charge < -0.3 is 45.1 Å². The first-order chi connectivity index (χ1) is 30.9. The van der Waals surface area contributed by atoms with Gasteiger partial charge in [-0.2, -0.15) is 0 Å². The van der Waals surface area contributed by atoms with Crippen LogP contribution in [0.15, 0.2) is 0 Å². The molecule has 0 aliphatic carbocycles. The summed E-state index contributed by atoms with van der Waals surface area (Å²) in [4.78, 5) is 80.3. The monoisotopic (exact) mass is 916 g/mol. The lowest BCUT2D eigenvalue weighted by molar-refractivity contribution is -0.142. The van der Waals surface area contributed by atoms with Crippen LogP contribution in [-0.4, -0.2) is 124 Å². The molecule has 3 amide bonds. The third-order valence-electron chi connectivity index (χ3n) is 10.7. The van der Waals surface area contributed by atoms with E-state index in [0.717, 1.165) is 70.6 Å². The number of hydrogen-bond donors (Lipinski definition) is 5. The van der Waals surface area contributed by atoms with E-state index in [1.807, 2.05) is 13.8 Å². The van der Waals surface area contributed by atoms with Crippen LogP contribution in [0.1, 0.15) is 188 Å². The first-order valence-electron chi connectivity index (χ1n) is 24.4. The standard InChI is InChI=1S/C29H53NO8.C19H36N2O5/c1-37-23-24-38-22-16-17-25(31)20-21-26(29(35)36)30-27(32)18-14-12-10-8-6-4-2-3-5-7-9-11-13-15-19-28(33)34;1-4-16(17(22)5-2)9-7-8-10-20-19(24)15-26-14-13-25-12-11-21-18(23)6-3/h26H,2-24H2,1H3,(H,30,32)(H,33,34)(H,35,36);16H,4-15H2,1-3H3,(H,20,24)(H,21,23)/t26-;16-/m00/s1. The molecule has 5 N–H and O–H groups in total. The maximum atomic E-state index is 12.2. The van der Waals surface area contributed by atoms with Crippen molar-refractivity contribution in [3.05, 3.63) is 0 Å². The van der Waals surface area contributed by atoms with Crippen LogP contribution in [0.4, 0.5) is 0 Å². The fourth-order valence-electron chi connectivity index (χ4n) is 6.70. The molecule has 2 atom stereocenters. The van der Waals surface area contributed by atoms with Gasteiger partial charge in [-0.15, -0.1) is 0 Å². The largest absolute Gasteiger partial charge is 0.481 e. The third-order valence-corrected chi connectivity index (χ3v) is 10.7. The van der Waals surface area contributed by atoms with Gasteiger partial charge in [-0.25, -0.2) is 4.79 Å². The average molecular weight is 916 g/mol. The Kier molecular flexibility index (Phi) is 46.5. The predicted molar refractivity (Wildman–Crippen MR) is 248 cm³/mol. The number of rotatable bonds is 46. The number of aliphatic carboxylic acids is 2. The summed E-state index contributed by atoms with van der Waals surface area (Å²) in [6, 6.07) is -1.03. The summed E-state index contributed by atoms with van der Waals surface area (Å²) in [6.45, 7) is 9.47. The number of unbranched alkanes of at least 4 members (excludes halogenated alkanes) is 14. The molecule has 0 heterocycles. The van der Waals surface area contributed by atoms with Crippen molar-refractivity contribution in [2.24, 2.45) is 5.92 Å². The SMILES string of the molecule is CCC(=O)NCCOCCOCC(=O)NCCCC[C@H](CC)C(=O)CC.COCCOCCCC(=O)CC[C@H](NC(=O)CCCCCCCCCCCCCCCCC(=O)O)C(=O)O. The van der Waals surface area contributed by atoms with Gasteiger partial charge in [-0.3, -0.25) is 28.8 Å². The van der Waals surface area contributed by atoms with Gasteiger partial charge in [0.05, 0.1) is 33.0 Å². The van der Waals surface area contributed by atoms with Gasteiger partial charge in [0.2, 0.25) is 17.7 Å². The van der Waals surface area contributed by atoms with Gasteiger partial charge in [0.1, 0.15) is 24.2 Å². The van der Waals surface area contributed by atoms with Gasteiger partial charge in [0.15, 0.2) is 0 Å². The number of hydrogen-bond acceptors (Lipinski definition) is 11. The van der Waals surface area contributed by atoms with E-state index in [-0.39, 0.29) is 55.3 Å². The minimum Gasteiger partial charge on any atom is -0.481 e. The lowest BCUT2D eigenvalue weighted by Crippen LogP contribution is -2.41.